The molecule has 22 heavy (non-hydrogen) atoms. The van der Waals surface area contributed by atoms with Gasteiger partial charge in [0, 0.05) is 5.41 Å². The second kappa shape index (κ2) is 5.61. The molecule has 2 aliphatic carbocycles. The van der Waals surface area contributed by atoms with Gasteiger partial charge in [-0.3, -0.25) is 9.59 Å². The van der Waals surface area contributed by atoms with Crippen LogP contribution in [0.4, 0.5) is 0 Å². The normalized spacial score (nSPS) is 31.6. The SMILES string of the molecule is CCOC(=O)C1(C#N)C2(CCCCC2)C1(C#N)C(=O)OCC. The number of carbonyl (C=O) groups excluding carboxylic acids is 2. The Morgan fingerprint density at radius 1 is 0.909 bits per heavy atom. The van der Waals surface area contributed by atoms with Crippen molar-refractivity contribution in [3.63, 3.8) is 0 Å². The molecule has 2 saturated carbocycles. The maximum absolute atomic E-state index is 12.5. The maximum Gasteiger partial charge on any atom is 0.329 e. The molecular weight excluding hydrogens is 284 g/mol. The van der Waals surface area contributed by atoms with Crippen molar-refractivity contribution in [2.75, 3.05) is 13.2 Å². The van der Waals surface area contributed by atoms with Crippen molar-refractivity contribution in [2.24, 2.45) is 16.2 Å². The first kappa shape index (κ1) is 16.3. The summed E-state index contributed by atoms with van der Waals surface area (Å²) in [5.74, 6) is -1.54. The van der Waals surface area contributed by atoms with E-state index in [2.05, 4.69) is 0 Å². The summed E-state index contributed by atoms with van der Waals surface area (Å²) in [6, 6.07) is 3.96. The third-order valence-electron chi connectivity index (χ3n) is 5.14. The molecule has 2 atom stereocenters. The van der Waals surface area contributed by atoms with Crippen LogP contribution in [0, 0.1) is 38.9 Å². The molecule has 1 spiro atoms. The monoisotopic (exact) mass is 304 g/mol. The van der Waals surface area contributed by atoms with Gasteiger partial charge in [-0.2, -0.15) is 10.5 Å². The number of nitriles is 2. The minimum atomic E-state index is -1.74. The van der Waals surface area contributed by atoms with Crippen LogP contribution >= 0.6 is 0 Å². The van der Waals surface area contributed by atoms with Crippen LogP contribution < -0.4 is 0 Å². The molecule has 0 bridgehead atoms. The number of nitrogens with zero attached hydrogens (tertiary/aromatic N) is 2. The zero-order chi connectivity index (χ0) is 16.4. The van der Waals surface area contributed by atoms with E-state index in [0.29, 0.717) is 12.8 Å². The molecule has 2 rings (SSSR count). The molecule has 0 aromatic carbocycles. The fraction of sp³-hybridized carbons (Fsp3) is 0.750. The Balaban J connectivity index is 2.58. The Labute approximate surface area is 130 Å². The van der Waals surface area contributed by atoms with Crippen LogP contribution in [0.5, 0.6) is 0 Å². The smallest absolute Gasteiger partial charge is 0.329 e. The van der Waals surface area contributed by atoms with E-state index < -0.39 is 28.2 Å². The van der Waals surface area contributed by atoms with Gasteiger partial charge in [0.05, 0.1) is 25.4 Å². The van der Waals surface area contributed by atoms with Crippen molar-refractivity contribution in [3.8, 4) is 12.1 Å². The highest BCUT2D eigenvalue weighted by Gasteiger charge is 2.96. The van der Waals surface area contributed by atoms with Crippen molar-refractivity contribution in [1.82, 2.24) is 0 Å². The van der Waals surface area contributed by atoms with E-state index in [1.807, 2.05) is 12.1 Å². The van der Waals surface area contributed by atoms with E-state index in [0.717, 1.165) is 19.3 Å². The highest BCUT2D eigenvalue weighted by Crippen LogP contribution is 2.83. The van der Waals surface area contributed by atoms with Gasteiger partial charge in [0.25, 0.3) is 0 Å². The van der Waals surface area contributed by atoms with E-state index in [9.17, 15) is 20.1 Å². The van der Waals surface area contributed by atoms with Crippen LogP contribution in [0.3, 0.4) is 0 Å². The number of ether oxygens (including phenoxy) is 2. The summed E-state index contributed by atoms with van der Waals surface area (Å²) in [5.41, 5.74) is -4.45. The zero-order valence-electron chi connectivity index (χ0n) is 13.0. The average molecular weight is 304 g/mol. The molecule has 118 valence electrons. The maximum atomic E-state index is 12.5. The minimum absolute atomic E-state index is 0.0999. The fourth-order valence-electron chi connectivity index (χ4n) is 4.25. The molecule has 0 N–H and O–H groups in total. The molecule has 0 aromatic heterocycles. The van der Waals surface area contributed by atoms with Crippen molar-refractivity contribution in [3.05, 3.63) is 0 Å². The Kier molecular flexibility index (Phi) is 4.15. The molecule has 2 fully saturated rings. The minimum Gasteiger partial charge on any atom is -0.465 e. The van der Waals surface area contributed by atoms with Gasteiger partial charge in [-0.15, -0.1) is 0 Å². The van der Waals surface area contributed by atoms with Gasteiger partial charge in [-0.05, 0) is 26.7 Å². The van der Waals surface area contributed by atoms with Gasteiger partial charge < -0.3 is 9.47 Å². The summed E-state index contributed by atoms with van der Waals surface area (Å²) >= 11 is 0. The van der Waals surface area contributed by atoms with E-state index >= 15 is 0 Å². The number of hydrogen-bond acceptors (Lipinski definition) is 6. The molecule has 6 heteroatoms. The van der Waals surface area contributed by atoms with Crippen LogP contribution in [0.2, 0.25) is 0 Å². The standard InChI is InChI=1S/C16H20N2O4/c1-3-21-12(19)15(10-17)14(8-6-5-7-9-14)16(15,11-18)13(20)22-4-2/h3-9H2,1-2H3. The van der Waals surface area contributed by atoms with Gasteiger partial charge in [-0.1, -0.05) is 19.3 Å². The summed E-state index contributed by atoms with van der Waals surface area (Å²) in [5, 5.41) is 19.5. The first-order chi connectivity index (χ1) is 10.5. The third kappa shape index (κ3) is 1.58. The number of carbonyl (C=O) groups is 2. The molecule has 6 nitrogen and oxygen atoms in total. The molecule has 2 aliphatic rings. The quantitative estimate of drug-likeness (QED) is 0.737. The lowest BCUT2D eigenvalue weighted by Crippen LogP contribution is -2.30. The zero-order valence-corrected chi connectivity index (χ0v) is 13.0. The molecule has 2 unspecified atom stereocenters. The highest BCUT2D eigenvalue weighted by atomic mass is 16.5. The molecule has 0 heterocycles. The van der Waals surface area contributed by atoms with Crippen molar-refractivity contribution >= 4 is 11.9 Å². The molecule has 0 radical (unpaired) electrons. The van der Waals surface area contributed by atoms with E-state index in [1.165, 1.54) is 0 Å². The van der Waals surface area contributed by atoms with Gasteiger partial charge in [-0.25, -0.2) is 0 Å². The highest BCUT2D eigenvalue weighted by molar-refractivity contribution is 6.02. The Hall–Kier alpha value is -2.08. The van der Waals surface area contributed by atoms with Crippen molar-refractivity contribution in [1.29, 1.82) is 10.5 Å². The number of rotatable bonds is 4. The molecule has 0 aromatic rings. The second-order valence-electron chi connectivity index (χ2n) is 5.81. The van der Waals surface area contributed by atoms with Gasteiger partial charge >= 0.3 is 11.9 Å². The third-order valence-corrected chi connectivity index (χ3v) is 5.14. The largest absolute Gasteiger partial charge is 0.465 e. The molecule has 0 saturated heterocycles. The van der Waals surface area contributed by atoms with Crippen molar-refractivity contribution < 1.29 is 19.1 Å². The summed E-state index contributed by atoms with van der Waals surface area (Å²) in [4.78, 5) is 25.0. The van der Waals surface area contributed by atoms with Crippen LogP contribution in [0.15, 0.2) is 0 Å². The van der Waals surface area contributed by atoms with E-state index in [4.69, 9.17) is 9.47 Å². The summed E-state index contributed by atoms with van der Waals surface area (Å²) in [6.45, 7) is 3.47. The van der Waals surface area contributed by atoms with Crippen LogP contribution in [-0.4, -0.2) is 25.2 Å². The lowest BCUT2D eigenvalue weighted by molar-refractivity contribution is -0.155. The predicted octanol–water partition coefficient (Wildman–Crippen LogP) is 2.10. The molecule has 0 aliphatic heterocycles. The van der Waals surface area contributed by atoms with Crippen LogP contribution in [0.25, 0.3) is 0 Å². The Morgan fingerprint density at radius 2 is 1.32 bits per heavy atom. The summed E-state index contributed by atoms with van der Waals surface area (Å²) in [6.07, 6.45) is 3.52. The number of esters is 2. The average Bonchev–Trinajstić information content (AvgIpc) is 3.04. The van der Waals surface area contributed by atoms with Crippen molar-refractivity contribution in [2.45, 2.75) is 46.0 Å². The fourth-order valence-corrected chi connectivity index (χ4v) is 4.25. The summed E-state index contributed by atoms with van der Waals surface area (Å²) in [7, 11) is 0. The van der Waals surface area contributed by atoms with Crippen LogP contribution in [0.1, 0.15) is 46.0 Å². The number of hydrogen-bond donors (Lipinski definition) is 0. The van der Waals surface area contributed by atoms with Gasteiger partial charge in [0.2, 0.25) is 0 Å². The Morgan fingerprint density at radius 3 is 1.64 bits per heavy atom. The lowest BCUT2D eigenvalue weighted by Gasteiger charge is -2.24. The predicted molar refractivity (Wildman–Crippen MR) is 74.9 cm³/mol. The van der Waals surface area contributed by atoms with E-state index in [1.54, 1.807) is 13.8 Å². The van der Waals surface area contributed by atoms with E-state index in [-0.39, 0.29) is 13.2 Å². The van der Waals surface area contributed by atoms with Gasteiger partial charge in [0.1, 0.15) is 0 Å². The topological polar surface area (TPSA) is 100 Å². The van der Waals surface area contributed by atoms with Crippen LogP contribution in [-0.2, 0) is 19.1 Å². The molecule has 0 amide bonds. The first-order valence-electron chi connectivity index (χ1n) is 7.71. The lowest BCUT2D eigenvalue weighted by atomic mass is 9.78. The van der Waals surface area contributed by atoms with Gasteiger partial charge in [0.15, 0.2) is 10.8 Å². The first-order valence-corrected chi connectivity index (χ1v) is 7.71. The Bertz CT molecular complexity index is 524. The second-order valence-corrected chi connectivity index (χ2v) is 5.81. The molecular formula is C16H20N2O4. The summed E-state index contributed by atoms with van der Waals surface area (Å²) < 4.78 is 10.1.